The van der Waals surface area contributed by atoms with Crippen LogP contribution in [0.5, 0.6) is 0 Å². The normalized spacial score (nSPS) is 20.2. The van der Waals surface area contributed by atoms with Crippen LogP contribution in [0.4, 0.5) is 5.95 Å². The molecule has 1 aromatic heterocycles. The van der Waals surface area contributed by atoms with Gasteiger partial charge in [-0.3, -0.25) is 9.89 Å². The van der Waals surface area contributed by atoms with Crippen LogP contribution in [-0.4, -0.2) is 52.3 Å². The fourth-order valence-corrected chi connectivity index (χ4v) is 1.89. The summed E-state index contributed by atoms with van der Waals surface area (Å²) < 4.78 is 5.58. The van der Waals surface area contributed by atoms with Gasteiger partial charge in [0.15, 0.2) is 0 Å². The predicted octanol–water partition coefficient (Wildman–Crippen LogP) is 0.0280. The average molecular weight is 239 g/mol. The van der Waals surface area contributed by atoms with Crippen molar-refractivity contribution in [3.63, 3.8) is 0 Å². The SMILES string of the molecule is CN(CC1CCCCO1)C(=O)c1nc(N)n[nH]1. The smallest absolute Gasteiger partial charge is 0.291 e. The van der Waals surface area contributed by atoms with Crippen molar-refractivity contribution in [1.82, 2.24) is 20.1 Å². The lowest BCUT2D eigenvalue weighted by Crippen LogP contribution is -2.37. The minimum Gasteiger partial charge on any atom is -0.376 e. The van der Waals surface area contributed by atoms with Crippen LogP contribution < -0.4 is 5.73 Å². The molecule has 7 heteroatoms. The van der Waals surface area contributed by atoms with E-state index < -0.39 is 0 Å². The molecule has 94 valence electrons. The van der Waals surface area contributed by atoms with Gasteiger partial charge in [0, 0.05) is 20.2 Å². The van der Waals surface area contributed by atoms with E-state index in [2.05, 4.69) is 15.2 Å². The number of ether oxygens (including phenoxy) is 1. The minimum absolute atomic E-state index is 0.0793. The molecule has 1 saturated heterocycles. The Kier molecular flexibility index (Phi) is 3.58. The van der Waals surface area contributed by atoms with Crippen molar-refractivity contribution in [2.75, 3.05) is 25.9 Å². The fraction of sp³-hybridized carbons (Fsp3) is 0.700. The highest BCUT2D eigenvalue weighted by Gasteiger charge is 2.21. The molecular weight excluding hydrogens is 222 g/mol. The number of nitrogens with one attached hydrogen (secondary N) is 1. The summed E-state index contributed by atoms with van der Waals surface area (Å²) >= 11 is 0. The predicted molar refractivity (Wildman–Crippen MR) is 61.3 cm³/mol. The van der Waals surface area contributed by atoms with Crippen LogP contribution in [0.15, 0.2) is 0 Å². The lowest BCUT2D eigenvalue weighted by atomic mass is 10.1. The maximum atomic E-state index is 11.9. The zero-order chi connectivity index (χ0) is 12.3. The zero-order valence-corrected chi connectivity index (χ0v) is 9.85. The van der Waals surface area contributed by atoms with Gasteiger partial charge in [-0.1, -0.05) is 0 Å². The summed E-state index contributed by atoms with van der Waals surface area (Å²) in [6.07, 6.45) is 3.38. The van der Waals surface area contributed by atoms with Crippen LogP contribution in [0.1, 0.15) is 29.9 Å². The Labute approximate surface area is 99.3 Å². The molecule has 0 radical (unpaired) electrons. The first-order valence-corrected chi connectivity index (χ1v) is 5.72. The van der Waals surface area contributed by atoms with Crippen molar-refractivity contribution < 1.29 is 9.53 Å². The Morgan fingerprint density at radius 2 is 2.47 bits per heavy atom. The van der Waals surface area contributed by atoms with Crippen LogP contribution in [0.25, 0.3) is 0 Å². The van der Waals surface area contributed by atoms with E-state index in [1.165, 1.54) is 0 Å². The highest BCUT2D eigenvalue weighted by molar-refractivity contribution is 5.90. The van der Waals surface area contributed by atoms with E-state index >= 15 is 0 Å². The highest BCUT2D eigenvalue weighted by atomic mass is 16.5. The lowest BCUT2D eigenvalue weighted by Gasteiger charge is -2.26. The molecule has 1 amide bonds. The zero-order valence-electron chi connectivity index (χ0n) is 9.85. The molecule has 1 aliphatic rings. The number of aromatic nitrogens is 3. The largest absolute Gasteiger partial charge is 0.376 e. The molecule has 1 aliphatic heterocycles. The van der Waals surface area contributed by atoms with E-state index in [4.69, 9.17) is 10.5 Å². The summed E-state index contributed by atoms with van der Waals surface area (Å²) in [6, 6.07) is 0. The van der Waals surface area contributed by atoms with Gasteiger partial charge in [0.2, 0.25) is 11.8 Å². The van der Waals surface area contributed by atoms with Gasteiger partial charge in [-0.15, -0.1) is 5.10 Å². The molecular formula is C10H17N5O2. The van der Waals surface area contributed by atoms with E-state index in [9.17, 15) is 4.79 Å². The summed E-state index contributed by atoms with van der Waals surface area (Å²) in [5.41, 5.74) is 5.35. The molecule has 0 bridgehead atoms. The second kappa shape index (κ2) is 5.13. The molecule has 1 fully saturated rings. The van der Waals surface area contributed by atoms with E-state index in [0.717, 1.165) is 25.9 Å². The number of H-pyrrole nitrogens is 1. The Morgan fingerprint density at radius 3 is 3.06 bits per heavy atom. The number of likely N-dealkylation sites (N-methyl/N-ethyl adjacent to an activating group) is 1. The maximum Gasteiger partial charge on any atom is 0.291 e. The van der Waals surface area contributed by atoms with Crippen LogP contribution in [0.2, 0.25) is 0 Å². The van der Waals surface area contributed by atoms with E-state index in [-0.39, 0.29) is 23.8 Å². The number of amides is 1. The number of nitrogen functional groups attached to an aromatic ring is 1. The molecule has 2 heterocycles. The molecule has 0 aromatic carbocycles. The Hall–Kier alpha value is -1.63. The summed E-state index contributed by atoms with van der Waals surface area (Å²) in [5.74, 6) is 0.0276. The Morgan fingerprint density at radius 1 is 1.65 bits per heavy atom. The first-order chi connectivity index (χ1) is 8.16. The third-order valence-electron chi connectivity index (χ3n) is 2.80. The number of hydrogen-bond acceptors (Lipinski definition) is 5. The number of carbonyl (C=O) groups excluding carboxylic acids is 1. The molecule has 1 unspecified atom stereocenters. The summed E-state index contributed by atoms with van der Waals surface area (Å²) in [4.78, 5) is 17.3. The van der Waals surface area contributed by atoms with Gasteiger partial charge in [-0.25, -0.2) is 0 Å². The van der Waals surface area contributed by atoms with Crippen LogP contribution >= 0.6 is 0 Å². The molecule has 0 aliphatic carbocycles. The number of aromatic amines is 1. The Bertz CT molecular complexity index is 386. The molecule has 3 N–H and O–H groups in total. The van der Waals surface area contributed by atoms with Crippen LogP contribution in [-0.2, 0) is 4.74 Å². The van der Waals surface area contributed by atoms with Crippen molar-refractivity contribution in [2.45, 2.75) is 25.4 Å². The maximum absolute atomic E-state index is 11.9. The number of rotatable bonds is 3. The summed E-state index contributed by atoms with van der Waals surface area (Å²) in [7, 11) is 1.72. The molecule has 0 saturated carbocycles. The second-order valence-corrected chi connectivity index (χ2v) is 4.22. The third kappa shape index (κ3) is 2.94. The average Bonchev–Trinajstić information content (AvgIpc) is 2.76. The second-order valence-electron chi connectivity index (χ2n) is 4.22. The first kappa shape index (κ1) is 11.8. The molecule has 1 aromatic rings. The van der Waals surface area contributed by atoms with E-state index in [0.29, 0.717) is 6.54 Å². The Balaban J connectivity index is 1.90. The number of carbonyl (C=O) groups is 1. The number of anilines is 1. The van der Waals surface area contributed by atoms with Crippen molar-refractivity contribution in [1.29, 1.82) is 0 Å². The van der Waals surface area contributed by atoms with Gasteiger partial charge in [-0.2, -0.15) is 4.98 Å². The van der Waals surface area contributed by atoms with Gasteiger partial charge in [-0.05, 0) is 19.3 Å². The van der Waals surface area contributed by atoms with E-state index in [1.54, 1.807) is 11.9 Å². The van der Waals surface area contributed by atoms with Crippen molar-refractivity contribution >= 4 is 11.9 Å². The number of nitrogens with two attached hydrogens (primary N) is 1. The molecule has 17 heavy (non-hydrogen) atoms. The van der Waals surface area contributed by atoms with Crippen LogP contribution in [0.3, 0.4) is 0 Å². The van der Waals surface area contributed by atoms with Gasteiger partial charge in [0.05, 0.1) is 6.10 Å². The quantitative estimate of drug-likeness (QED) is 0.775. The monoisotopic (exact) mass is 239 g/mol. The topological polar surface area (TPSA) is 97.1 Å². The first-order valence-electron chi connectivity index (χ1n) is 5.72. The van der Waals surface area contributed by atoms with Crippen molar-refractivity contribution in [2.24, 2.45) is 0 Å². The minimum atomic E-state index is -0.219. The molecule has 2 rings (SSSR count). The number of hydrogen-bond donors (Lipinski definition) is 2. The molecule has 0 spiro atoms. The molecule has 7 nitrogen and oxygen atoms in total. The van der Waals surface area contributed by atoms with Gasteiger partial charge >= 0.3 is 0 Å². The van der Waals surface area contributed by atoms with Crippen molar-refractivity contribution in [3.05, 3.63) is 5.82 Å². The highest BCUT2D eigenvalue weighted by Crippen LogP contribution is 2.14. The fourth-order valence-electron chi connectivity index (χ4n) is 1.89. The summed E-state index contributed by atoms with van der Waals surface area (Å²) in [6.45, 7) is 1.35. The third-order valence-corrected chi connectivity index (χ3v) is 2.80. The van der Waals surface area contributed by atoms with Gasteiger partial charge in [0.25, 0.3) is 5.91 Å². The summed E-state index contributed by atoms with van der Waals surface area (Å²) in [5, 5.41) is 6.14. The molecule has 1 atom stereocenters. The van der Waals surface area contributed by atoms with Crippen LogP contribution in [0, 0.1) is 0 Å². The standard InChI is InChI=1S/C10H17N5O2/c1-15(6-7-4-2-3-5-17-7)9(16)8-12-10(11)14-13-8/h7H,2-6H2,1H3,(H3,11,12,13,14). The van der Waals surface area contributed by atoms with Crippen molar-refractivity contribution in [3.8, 4) is 0 Å². The number of nitrogens with zero attached hydrogens (tertiary/aromatic N) is 3. The lowest BCUT2D eigenvalue weighted by molar-refractivity contribution is -0.000392. The van der Waals surface area contributed by atoms with Gasteiger partial charge < -0.3 is 15.4 Å². The van der Waals surface area contributed by atoms with Gasteiger partial charge in [0.1, 0.15) is 0 Å². The van der Waals surface area contributed by atoms with E-state index in [1.807, 2.05) is 0 Å².